The second-order valence-electron chi connectivity index (χ2n) is 3.70. The molecule has 7 heteroatoms. The van der Waals surface area contributed by atoms with Gasteiger partial charge in [-0.2, -0.15) is 10.2 Å². The van der Waals surface area contributed by atoms with Crippen LogP contribution in [0.4, 0.5) is 4.39 Å². The van der Waals surface area contributed by atoms with Crippen LogP contribution in [0.2, 0.25) is 0 Å². The first-order valence-electron chi connectivity index (χ1n) is 5.31. The summed E-state index contributed by atoms with van der Waals surface area (Å²) in [4.78, 5) is 10.7. The molecule has 0 spiro atoms. The number of H-pyrrole nitrogens is 1. The number of hydrogen-bond donors (Lipinski definition) is 1. The third-order valence-electron chi connectivity index (χ3n) is 2.43. The molecule has 0 amide bonds. The van der Waals surface area contributed by atoms with Gasteiger partial charge in [-0.15, -0.1) is 0 Å². The number of nitrogens with one attached hydrogen (secondary N) is 1. The molecule has 0 saturated carbocycles. The Labute approximate surface area is 106 Å². The van der Waals surface area contributed by atoms with E-state index in [1.54, 1.807) is 12.3 Å². The summed E-state index contributed by atoms with van der Waals surface area (Å²) in [6.45, 7) is 0. The van der Waals surface area contributed by atoms with Gasteiger partial charge in [0.15, 0.2) is 0 Å². The first kappa shape index (κ1) is 11.1. The largest absolute Gasteiger partial charge is 0.352 e. The van der Waals surface area contributed by atoms with Crippen molar-refractivity contribution in [1.29, 1.82) is 5.26 Å². The molecular weight excluding hydrogens is 249 g/mol. The van der Waals surface area contributed by atoms with Gasteiger partial charge < -0.3 is 9.51 Å². The van der Waals surface area contributed by atoms with Crippen molar-refractivity contribution in [3.63, 3.8) is 0 Å². The zero-order valence-electron chi connectivity index (χ0n) is 9.46. The first-order valence-corrected chi connectivity index (χ1v) is 5.31. The Morgan fingerprint density at radius 2 is 2.26 bits per heavy atom. The molecule has 0 aliphatic heterocycles. The van der Waals surface area contributed by atoms with Crippen molar-refractivity contribution in [2.24, 2.45) is 0 Å². The monoisotopic (exact) mass is 255 g/mol. The SMILES string of the molecule is N#Cc1cc(-c2nc(-c3ccc(F)cn3)no2)c[nH]1. The van der Waals surface area contributed by atoms with E-state index in [-0.39, 0.29) is 11.7 Å². The molecule has 0 atom stereocenters. The average Bonchev–Trinajstić information content (AvgIpc) is 3.08. The van der Waals surface area contributed by atoms with Gasteiger partial charge in [0.25, 0.3) is 5.89 Å². The smallest absolute Gasteiger partial charge is 0.259 e. The molecule has 1 N–H and O–H groups in total. The molecule has 19 heavy (non-hydrogen) atoms. The van der Waals surface area contributed by atoms with E-state index in [4.69, 9.17) is 9.78 Å². The predicted octanol–water partition coefficient (Wildman–Crippen LogP) is 2.14. The quantitative estimate of drug-likeness (QED) is 0.757. The Morgan fingerprint density at radius 1 is 1.37 bits per heavy atom. The minimum atomic E-state index is -0.434. The highest BCUT2D eigenvalue weighted by Crippen LogP contribution is 2.21. The molecule has 0 aliphatic carbocycles. The van der Waals surface area contributed by atoms with E-state index in [1.165, 1.54) is 12.1 Å². The van der Waals surface area contributed by atoms with Gasteiger partial charge in [-0.3, -0.25) is 0 Å². The van der Waals surface area contributed by atoms with E-state index in [1.807, 2.05) is 6.07 Å². The maximum Gasteiger partial charge on any atom is 0.259 e. The summed E-state index contributed by atoms with van der Waals surface area (Å²) in [5, 5.41) is 12.5. The number of rotatable bonds is 2. The summed E-state index contributed by atoms with van der Waals surface area (Å²) in [6.07, 6.45) is 2.67. The fourth-order valence-corrected chi connectivity index (χ4v) is 1.54. The number of halogens is 1. The van der Waals surface area contributed by atoms with Crippen molar-refractivity contribution in [2.45, 2.75) is 0 Å². The molecule has 3 heterocycles. The van der Waals surface area contributed by atoms with Crippen molar-refractivity contribution in [1.82, 2.24) is 20.1 Å². The van der Waals surface area contributed by atoms with E-state index in [0.717, 1.165) is 6.20 Å². The second kappa shape index (κ2) is 4.34. The molecule has 3 aromatic heterocycles. The molecule has 92 valence electrons. The van der Waals surface area contributed by atoms with Crippen molar-refractivity contribution >= 4 is 0 Å². The molecule has 0 bridgehead atoms. The molecule has 3 rings (SSSR count). The van der Waals surface area contributed by atoms with Crippen LogP contribution in [0.15, 0.2) is 35.1 Å². The summed E-state index contributed by atoms with van der Waals surface area (Å²) >= 11 is 0. The maximum atomic E-state index is 12.8. The van der Waals surface area contributed by atoms with Gasteiger partial charge in [-0.25, -0.2) is 9.37 Å². The van der Waals surface area contributed by atoms with E-state index < -0.39 is 5.82 Å². The zero-order chi connectivity index (χ0) is 13.2. The zero-order valence-corrected chi connectivity index (χ0v) is 9.46. The van der Waals surface area contributed by atoms with Crippen molar-refractivity contribution < 1.29 is 8.91 Å². The van der Waals surface area contributed by atoms with Gasteiger partial charge in [-0.1, -0.05) is 5.16 Å². The second-order valence-corrected chi connectivity index (χ2v) is 3.70. The standard InChI is InChI=1S/C12H6FN5O/c13-8-1-2-10(16-6-8)11-17-12(19-18-11)7-3-9(4-14)15-5-7/h1-3,5-6,15H. The Kier molecular flexibility index (Phi) is 2.54. The Morgan fingerprint density at radius 3 is 2.95 bits per heavy atom. The third-order valence-corrected chi connectivity index (χ3v) is 2.43. The summed E-state index contributed by atoms with van der Waals surface area (Å²) in [6, 6.07) is 6.28. The normalized spacial score (nSPS) is 10.3. The summed E-state index contributed by atoms with van der Waals surface area (Å²) < 4.78 is 17.8. The molecule has 6 nitrogen and oxygen atoms in total. The molecule has 0 saturated heterocycles. The van der Waals surface area contributed by atoms with Crippen LogP contribution in [0.25, 0.3) is 23.0 Å². The topological polar surface area (TPSA) is 91.4 Å². The number of nitriles is 1. The maximum absolute atomic E-state index is 12.8. The van der Waals surface area contributed by atoms with Crippen LogP contribution in [0, 0.1) is 17.1 Å². The first-order chi connectivity index (χ1) is 9.26. The highest BCUT2D eigenvalue weighted by molar-refractivity contribution is 5.58. The molecule has 0 fully saturated rings. The predicted molar refractivity (Wildman–Crippen MR) is 62.0 cm³/mol. The van der Waals surface area contributed by atoms with Gasteiger partial charge >= 0.3 is 0 Å². The van der Waals surface area contributed by atoms with E-state index >= 15 is 0 Å². The van der Waals surface area contributed by atoms with E-state index in [2.05, 4.69) is 20.1 Å². The minimum Gasteiger partial charge on any atom is -0.352 e. The van der Waals surface area contributed by atoms with Crippen molar-refractivity contribution in [2.75, 3.05) is 0 Å². The van der Waals surface area contributed by atoms with Crippen LogP contribution in [0.3, 0.4) is 0 Å². The summed E-state index contributed by atoms with van der Waals surface area (Å²) in [7, 11) is 0. The van der Waals surface area contributed by atoms with Crippen LogP contribution >= 0.6 is 0 Å². The van der Waals surface area contributed by atoms with Gasteiger partial charge in [-0.05, 0) is 18.2 Å². The van der Waals surface area contributed by atoms with Crippen LogP contribution in [0.5, 0.6) is 0 Å². The number of nitrogens with zero attached hydrogens (tertiary/aromatic N) is 4. The van der Waals surface area contributed by atoms with Crippen LogP contribution in [0.1, 0.15) is 5.69 Å². The molecule has 3 aromatic rings. The molecule has 0 aliphatic rings. The van der Waals surface area contributed by atoms with Gasteiger partial charge in [0.1, 0.15) is 23.3 Å². The number of aromatic amines is 1. The fraction of sp³-hybridized carbons (Fsp3) is 0. The molecular formula is C12H6FN5O. The average molecular weight is 255 g/mol. The fourth-order valence-electron chi connectivity index (χ4n) is 1.54. The lowest BCUT2D eigenvalue weighted by atomic mass is 10.3. The third kappa shape index (κ3) is 2.07. The van der Waals surface area contributed by atoms with E-state index in [9.17, 15) is 4.39 Å². The molecule has 0 aromatic carbocycles. The van der Waals surface area contributed by atoms with Gasteiger partial charge in [0, 0.05) is 6.20 Å². The van der Waals surface area contributed by atoms with Crippen LogP contribution in [-0.2, 0) is 0 Å². The van der Waals surface area contributed by atoms with Crippen LogP contribution < -0.4 is 0 Å². The van der Waals surface area contributed by atoms with Gasteiger partial charge in [0.2, 0.25) is 5.82 Å². The highest BCUT2D eigenvalue weighted by Gasteiger charge is 2.12. The van der Waals surface area contributed by atoms with Crippen LogP contribution in [-0.4, -0.2) is 20.1 Å². The Balaban J connectivity index is 1.95. The molecule has 0 unspecified atom stereocenters. The Bertz CT molecular complexity index is 753. The molecule has 0 radical (unpaired) electrons. The summed E-state index contributed by atoms with van der Waals surface area (Å²) in [5.41, 5.74) is 1.42. The van der Waals surface area contributed by atoms with Crippen molar-refractivity contribution in [3.05, 3.63) is 42.1 Å². The Hall–Kier alpha value is -3.01. The number of pyridine rings is 1. The number of hydrogen-bond acceptors (Lipinski definition) is 5. The number of aromatic nitrogens is 4. The lowest BCUT2D eigenvalue weighted by Crippen LogP contribution is -1.86. The van der Waals surface area contributed by atoms with Crippen molar-refractivity contribution in [3.8, 4) is 29.0 Å². The minimum absolute atomic E-state index is 0.259. The van der Waals surface area contributed by atoms with E-state index in [0.29, 0.717) is 17.0 Å². The summed E-state index contributed by atoms with van der Waals surface area (Å²) in [5.74, 6) is 0.0883. The highest BCUT2D eigenvalue weighted by atomic mass is 19.1. The van der Waals surface area contributed by atoms with Gasteiger partial charge in [0.05, 0.1) is 11.8 Å². The lowest BCUT2D eigenvalue weighted by molar-refractivity contribution is 0.432. The lowest BCUT2D eigenvalue weighted by Gasteiger charge is -1.91.